The molecule has 0 aromatic heterocycles. The van der Waals surface area contributed by atoms with E-state index < -0.39 is 17.5 Å². The number of esters is 1. The average molecular weight is 271 g/mol. The summed E-state index contributed by atoms with van der Waals surface area (Å²) in [6, 6.07) is 0. The Hall–Kier alpha value is -1.59. The Bertz CT molecular complexity index is 379. The lowest BCUT2D eigenvalue weighted by atomic mass is 10.1. The van der Waals surface area contributed by atoms with Crippen LogP contribution < -0.4 is 5.32 Å². The first-order valence-corrected chi connectivity index (χ1v) is 6.55. The van der Waals surface area contributed by atoms with Crippen LogP contribution in [0.2, 0.25) is 0 Å². The summed E-state index contributed by atoms with van der Waals surface area (Å²) in [5.41, 5.74) is -1.13. The standard InChI is InChI=1S/C13H21NO5/c1-4-5-10(15)14-13(12(18)19-8(2)3)7-9(13)6-11(16)17/h8-9H,4-7H2,1-3H3,(H,14,15)(H,16,17). The van der Waals surface area contributed by atoms with Gasteiger partial charge in [0.1, 0.15) is 5.54 Å². The summed E-state index contributed by atoms with van der Waals surface area (Å²) in [6.45, 7) is 5.29. The Morgan fingerprint density at radius 1 is 1.42 bits per heavy atom. The van der Waals surface area contributed by atoms with Gasteiger partial charge in [0.05, 0.1) is 12.5 Å². The van der Waals surface area contributed by atoms with E-state index in [2.05, 4.69) is 5.32 Å². The first kappa shape index (κ1) is 15.5. The van der Waals surface area contributed by atoms with E-state index in [4.69, 9.17) is 9.84 Å². The van der Waals surface area contributed by atoms with Crippen molar-refractivity contribution in [1.82, 2.24) is 5.32 Å². The molecular formula is C13H21NO5. The van der Waals surface area contributed by atoms with Gasteiger partial charge in [-0.3, -0.25) is 9.59 Å². The fraction of sp³-hybridized carbons (Fsp3) is 0.769. The van der Waals surface area contributed by atoms with E-state index in [0.717, 1.165) is 0 Å². The maximum Gasteiger partial charge on any atom is 0.332 e. The second-order valence-electron chi connectivity index (χ2n) is 5.22. The maximum atomic E-state index is 12.0. The number of nitrogens with one attached hydrogen (secondary N) is 1. The van der Waals surface area contributed by atoms with Crippen LogP contribution in [0.1, 0.15) is 46.5 Å². The number of carbonyl (C=O) groups is 3. The van der Waals surface area contributed by atoms with E-state index in [1.165, 1.54) is 0 Å². The van der Waals surface area contributed by atoms with E-state index in [1.807, 2.05) is 6.92 Å². The average Bonchev–Trinajstić information content (AvgIpc) is 2.90. The largest absolute Gasteiger partial charge is 0.481 e. The number of carboxylic acids is 1. The normalized spacial score (nSPS) is 24.9. The van der Waals surface area contributed by atoms with Gasteiger partial charge in [-0.1, -0.05) is 6.92 Å². The monoisotopic (exact) mass is 271 g/mol. The van der Waals surface area contributed by atoms with Gasteiger partial charge in [-0.15, -0.1) is 0 Å². The smallest absolute Gasteiger partial charge is 0.332 e. The van der Waals surface area contributed by atoms with Crippen molar-refractivity contribution in [3.63, 3.8) is 0 Å². The fourth-order valence-corrected chi connectivity index (χ4v) is 2.10. The number of ether oxygens (including phenoxy) is 1. The van der Waals surface area contributed by atoms with Crippen LogP contribution in [0.25, 0.3) is 0 Å². The number of hydrogen-bond donors (Lipinski definition) is 2. The molecule has 1 aliphatic carbocycles. The van der Waals surface area contributed by atoms with E-state index >= 15 is 0 Å². The van der Waals surface area contributed by atoms with Crippen LogP contribution in [0, 0.1) is 5.92 Å². The third-order valence-electron chi connectivity index (χ3n) is 3.07. The van der Waals surface area contributed by atoms with Gasteiger partial charge in [0.2, 0.25) is 5.91 Å². The van der Waals surface area contributed by atoms with Crippen molar-refractivity contribution in [2.45, 2.75) is 58.1 Å². The SMILES string of the molecule is CCCC(=O)NC1(C(=O)OC(C)C)CC1CC(=O)O. The molecule has 0 saturated heterocycles. The zero-order valence-corrected chi connectivity index (χ0v) is 11.6. The predicted molar refractivity (Wildman–Crippen MR) is 67.4 cm³/mol. The molecule has 1 saturated carbocycles. The third kappa shape index (κ3) is 3.94. The lowest BCUT2D eigenvalue weighted by Crippen LogP contribution is -2.46. The van der Waals surface area contributed by atoms with Gasteiger partial charge >= 0.3 is 11.9 Å². The molecule has 0 heterocycles. The second kappa shape index (κ2) is 6.04. The first-order chi connectivity index (χ1) is 8.81. The molecule has 2 unspecified atom stereocenters. The lowest BCUT2D eigenvalue weighted by molar-refractivity contribution is -0.153. The summed E-state index contributed by atoms with van der Waals surface area (Å²) in [5, 5.41) is 11.4. The molecule has 0 aromatic carbocycles. The van der Waals surface area contributed by atoms with Crippen molar-refractivity contribution in [2.75, 3.05) is 0 Å². The quantitative estimate of drug-likeness (QED) is 0.676. The van der Waals surface area contributed by atoms with Gasteiger partial charge in [0.15, 0.2) is 0 Å². The first-order valence-electron chi connectivity index (χ1n) is 6.55. The zero-order valence-electron chi connectivity index (χ0n) is 11.6. The minimum absolute atomic E-state index is 0.139. The summed E-state index contributed by atoms with van der Waals surface area (Å²) in [4.78, 5) is 34.4. The molecule has 108 valence electrons. The van der Waals surface area contributed by atoms with Gasteiger partial charge in [-0.25, -0.2) is 4.79 Å². The van der Waals surface area contributed by atoms with Crippen LogP contribution in [-0.2, 0) is 19.1 Å². The molecule has 0 radical (unpaired) electrons. The van der Waals surface area contributed by atoms with E-state index in [-0.39, 0.29) is 24.3 Å². The van der Waals surface area contributed by atoms with E-state index in [9.17, 15) is 14.4 Å². The van der Waals surface area contributed by atoms with Crippen LogP contribution in [-0.4, -0.2) is 34.6 Å². The van der Waals surface area contributed by atoms with E-state index in [1.54, 1.807) is 13.8 Å². The zero-order chi connectivity index (χ0) is 14.6. The summed E-state index contributed by atoms with van der Waals surface area (Å²) in [7, 11) is 0. The van der Waals surface area contributed by atoms with Crippen molar-refractivity contribution >= 4 is 17.8 Å². The minimum atomic E-state index is -1.13. The molecular weight excluding hydrogens is 250 g/mol. The lowest BCUT2D eigenvalue weighted by Gasteiger charge is -2.19. The van der Waals surface area contributed by atoms with Gasteiger partial charge < -0.3 is 15.2 Å². The van der Waals surface area contributed by atoms with Crippen molar-refractivity contribution in [3.8, 4) is 0 Å². The van der Waals surface area contributed by atoms with Gasteiger partial charge in [-0.2, -0.15) is 0 Å². The number of rotatable bonds is 7. The molecule has 1 aliphatic rings. The summed E-state index contributed by atoms with van der Waals surface area (Å²) < 4.78 is 5.12. The summed E-state index contributed by atoms with van der Waals surface area (Å²) in [5.74, 6) is -2.12. The topological polar surface area (TPSA) is 92.7 Å². The second-order valence-corrected chi connectivity index (χ2v) is 5.22. The molecule has 0 aliphatic heterocycles. The Balaban J connectivity index is 2.73. The Labute approximate surface area is 112 Å². The number of amides is 1. The minimum Gasteiger partial charge on any atom is -0.481 e. The van der Waals surface area contributed by atoms with Crippen LogP contribution in [0.3, 0.4) is 0 Å². The highest BCUT2D eigenvalue weighted by Crippen LogP contribution is 2.47. The summed E-state index contributed by atoms with van der Waals surface area (Å²) in [6.07, 6.45) is 0.889. The van der Waals surface area contributed by atoms with Crippen LogP contribution in [0.4, 0.5) is 0 Å². The Kier molecular flexibility index (Phi) is 4.91. The molecule has 2 N–H and O–H groups in total. The van der Waals surface area contributed by atoms with E-state index in [0.29, 0.717) is 19.3 Å². The Morgan fingerprint density at radius 2 is 2.05 bits per heavy atom. The van der Waals surface area contributed by atoms with Gasteiger partial charge in [0, 0.05) is 12.3 Å². The molecule has 2 atom stereocenters. The highest BCUT2D eigenvalue weighted by molar-refractivity contribution is 5.92. The fourth-order valence-electron chi connectivity index (χ4n) is 2.10. The van der Waals surface area contributed by atoms with Gasteiger partial charge in [-0.05, 0) is 26.7 Å². The number of aliphatic carboxylic acids is 1. The predicted octanol–water partition coefficient (Wildman–Crippen LogP) is 1.09. The van der Waals surface area contributed by atoms with Crippen LogP contribution in [0.15, 0.2) is 0 Å². The molecule has 0 aromatic rings. The number of carboxylic acid groups (broad SMARTS) is 1. The molecule has 0 bridgehead atoms. The molecule has 0 spiro atoms. The molecule has 19 heavy (non-hydrogen) atoms. The number of carbonyl (C=O) groups excluding carboxylic acids is 2. The molecule has 6 heteroatoms. The molecule has 1 rings (SSSR count). The highest BCUT2D eigenvalue weighted by Gasteiger charge is 2.62. The van der Waals surface area contributed by atoms with Crippen LogP contribution >= 0.6 is 0 Å². The van der Waals surface area contributed by atoms with Crippen molar-refractivity contribution < 1.29 is 24.2 Å². The maximum absolute atomic E-state index is 12.0. The third-order valence-corrected chi connectivity index (χ3v) is 3.07. The van der Waals surface area contributed by atoms with Gasteiger partial charge in [0.25, 0.3) is 0 Å². The van der Waals surface area contributed by atoms with Crippen molar-refractivity contribution in [2.24, 2.45) is 5.92 Å². The summed E-state index contributed by atoms with van der Waals surface area (Å²) >= 11 is 0. The Morgan fingerprint density at radius 3 is 2.53 bits per heavy atom. The molecule has 1 fully saturated rings. The van der Waals surface area contributed by atoms with Crippen LogP contribution in [0.5, 0.6) is 0 Å². The highest BCUT2D eigenvalue weighted by atomic mass is 16.5. The van der Waals surface area contributed by atoms with Crippen molar-refractivity contribution in [3.05, 3.63) is 0 Å². The molecule has 6 nitrogen and oxygen atoms in total. The van der Waals surface area contributed by atoms with Crippen molar-refractivity contribution in [1.29, 1.82) is 0 Å². The molecule has 1 amide bonds. The number of hydrogen-bond acceptors (Lipinski definition) is 4.